The van der Waals surface area contributed by atoms with E-state index in [2.05, 4.69) is 15.4 Å². The standard InChI is InChI=1S/C9H10ClN5O3/c10-7-2-1-6(5-12-7)8(16)14-4-3-11-9(14)13-15(17)18/h1-2,5,8,16H,3-4H2,(H,11,13). The highest BCUT2D eigenvalue weighted by molar-refractivity contribution is 6.29. The molecule has 1 unspecified atom stereocenters. The molecular weight excluding hydrogens is 262 g/mol. The van der Waals surface area contributed by atoms with E-state index in [0.717, 1.165) is 0 Å². The zero-order chi connectivity index (χ0) is 13.1. The fourth-order valence-electron chi connectivity index (χ4n) is 1.62. The second-order valence-electron chi connectivity index (χ2n) is 3.57. The molecule has 1 atom stereocenters. The van der Waals surface area contributed by atoms with Crippen LogP contribution in [0.5, 0.6) is 0 Å². The maximum absolute atomic E-state index is 10.3. The van der Waals surface area contributed by atoms with Crippen LogP contribution in [-0.2, 0) is 0 Å². The van der Waals surface area contributed by atoms with Crippen molar-refractivity contribution in [1.29, 1.82) is 0 Å². The van der Waals surface area contributed by atoms with Crippen LogP contribution in [0.3, 0.4) is 0 Å². The topological polar surface area (TPSA) is 104 Å². The first-order valence-corrected chi connectivity index (χ1v) is 5.49. The third kappa shape index (κ3) is 2.66. The number of aromatic nitrogens is 1. The number of aliphatic hydroxyl groups is 1. The molecule has 8 nitrogen and oxygen atoms in total. The Hall–Kier alpha value is -1.93. The highest BCUT2D eigenvalue weighted by atomic mass is 35.5. The summed E-state index contributed by atoms with van der Waals surface area (Å²) in [4.78, 5) is 15.6. The smallest absolute Gasteiger partial charge is 0.273 e. The number of nitrogens with zero attached hydrogens (tertiary/aromatic N) is 4. The summed E-state index contributed by atoms with van der Waals surface area (Å²) in [6.45, 7) is 0.890. The van der Waals surface area contributed by atoms with Crippen molar-refractivity contribution < 1.29 is 10.1 Å². The van der Waals surface area contributed by atoms with E-state index in [-0.39, 0.29) is 5.96 Å². The van der Waals surface area contributed by atoms with Gasteiger partial charge in [0, 0.05) is 24.8 Å². The zero-order valence-corrected chi connectivity index (χ0v) is 9.91. The lowest BCUT2D eigenvalue weighted by Gasteiger charge is -2.22. The van der Waals surface area contributed by atoms with Gasteiger partial charge < -0.3 is 15.3 Å². The van der Waals surface area contributed by atoms with E-state index in [9.17, 15) is 15.2 Å². The summed E-state index contributed by atoms with van der Waals surface area (Å²) >= 11 is 5.64. The van der Waals surface area contributed by atoms with Gasteiger partial charge in [0.05, 0.1) is 0 Å². The first-order valence-electron chi connectivity index (χ1n) is 5.11. The van der Waals surface area contributed by atoms with E-state index in [4.69, 9.17) is 11.6 Å². The number of hydrogen-bond acceptors (Lipinski definition) is 4. The molecule has 18 heavy (non-hydrogen) atoms. The Balaban J connectivity index is 2.20. The van der Waals surface area contributed by atoms with E-state index < -0.39 is 11.3 Å². The molecule has 0 spiro atoms. The van der Waals surface area contributed by atoms with Crippen LogP contribution in [0.15, 0.2) is 23.4 Å². The van der Waals surface area contributed by atoms with Crippen molar-refractivity contribution >= 4 is 17.6 Å². The van der Waals surface area contributed by atoms with Gasteiger partial charge in [-0.1, -0.05) is 11.6 Å². The second kappa shape index (κ2) is 5.15. The molecule has 1 aromatic heterocycles. The molecule has 0 amide bonds. The van der Waals surface area contributed by atoms with Crippen LogP contribution in [0.4, 0.5) is 0 Å². The first-order chi connectivity index (χ1) is 8.58. The maximum atomic E-state index is 10.3. The number of hydrazone groups is 1. The minimum absolute atomic E-state index is 0.0300. The summed E-state index contributed by atoms with van der Waals surface area (Å²) in [7, 11) is 0. The van der Waals surface area contributed by atoms with Crippen molar-refractivity contribution in [1.82, 2.24) is 15.2 Å². The summed E-state index contributed by atoms with van der Waals surface area (Å²) in [6, 6.07) is 3.13. The van der Waals surface area contributed by atoms with Crippen LogP contribution in [-0.4, -0.2) is 39.1 Å². The number of guanidine groups is 1. The summed E-state index contributed by atoms with van der Waals surface area (Å²) in [5, 5.41) is 25.8. The van der Waals surface area contributed by atoms with Crippen LogP contribution < -0.4 is 5.32 Å². The number of halogens is 1. The SMILES string of the molecule is O=[N+]([O-])N=C1NCCN1C(O)c1ccc(Cl)nc1. The van der Waals surface area contributed by atoms with Crippen molar-refractivity contribution in [3.05, 3.63) is 39.2 Å². The molecule has 0 aromatic carbocycles. The van der Waals surface area contributed by atoms with Gasteiger partial charge >= 0.3 is 0 Å². The van der Waals surface area contributed by atoms with E-state index in [1.54, 1.807) is 6.07 Å². The average Bonchev–Trinajstić information content (AvgIpc) is 2.76. The number of nitrogens with one attached hydrogen (secondary N) is 1. The van der Waals surface area contributed by atoms with Crippen LogP contribution in [0.1, 0.15) is 11.8 Å². The molecule has 2 rings (SSSR count). The number of nitro groups is 1. The van der Waals surface area contributed by atoms with Gasteiger partial charge in [-0.05, 0) is 12.1 Å². The highest BCUT2D eigenvalue weighted by Crippen LogP contribution is 2.19. The Kier molecular flexibility index (Phi) is 3.58. The lowest BCUT2D eigenvalue weighted by molar-refractivity contribution is -0.486. The van der Waals surface area contributed by atoms with Crippen molar-refractivity contribution in [3.63, 3.8) is 0 Å². The predicted octanol–water partition coefficient (Wildman–Crippen LogP) is 0.179. The zero-order valence-electron chi connectivity index (χ0n) is 9.15. The van der Waals surface area contributed by atoms with Gasteiger partial charge in [0.2, 0.25) is 0 Å². The van der Waals surface area contributed by atoms with Crippen LogP contribution >= 0.6 is 11.6 Å². The molecular formula is C9H10ClN5O3. The molecule has 0 bridgehead atoms. The monoisotopic (exact) mass is 271 g/mol. The average molecular weight is 272 g/mol. The number of rotatable bonds is 3. The summed E-state index contributed by atoms with van der Waals surface area (Å²) in [5.41, 5.74) is 0.485. The third-order valence-electron chi connectivity index (χ3n) is 2.43. The number of pyridine rings is 1. The van der Waals surface area contributed by atoms with E-state index in [1.807, 2.05) is 0 Å². The molecule has 0 radical (unpaired) electrons. The molecule has 0 aliphatic carbocycles. The van der Waals surface area contributed by atoms with E-state index >= 15 is 0 Å². The summed E-state index contributed by atoms with van der Waals surface area (Å²) in [6.07, 6.45) is 0.359. The minimum atomic E-state index is -1.05. The molecule has 9 heteroatoms. The lowest BCUT2D eigenvalue weighted by atomic mass is 10.2. The molecule has 2 heterocycles. The molecule has 2 N–H and O–H groups in total. The summed E-state index contributed by atoms with van der Waals surface area (Å²) in [5.74, 6) is 0.0300. The summed E-state index contributed by atoms with van der Waals surface area (Å²) < 4.78 is 0. The van der Waals surface area contributed by atoms with Crippen molar-refractivity contribution in [2.24, 2.45) is 5.10 Å². The quantitative estimate of drug-likeness (QED) is 0.462. The van der Waals surface area contributed by atoms with Gasteiger partial charge in [-0.25, -0.2) is 15.1 Å². The second-order valence-corrected chi connectivity index (χ2v) is 3.96. The lowest BCUT2D eigenvalue weighted by Crippen LogP contribution is -2.34. The highest BCUT2D eigenvalue weighted by Gasteiger charge is 2.28. The molecule has 1 fully saturated rings. The fourth-order valence-corrected chi connectivity index (χ4v) is 1.74. The first kappa shape index (κ1) is 12.5. The number of aliphatic hydroxyl groups excluding tert-OH is 1. The van der Waals surface area contributed by atoms with Gasteiger partial charge in [0.25, 0.3) is 5.96 Å². The van der Waals surface area contributed by atoms with Gasteiger partial charge in [-0.2, -0.15) is 0 Å². The van der Waals surface area contributed by atoms with Crippen molar-refractivity contribution in [2.75, 3.05) is 13.1 Å². The molecule has 1 aromatic rings. The Morgan fingerprint density at radius 2 is 2.44 bits per heavy atom. The van der Waals surface area contributed by atoms with Gasteiger partial charge in [0.1, 0.15) is 10.3 Å². The van der Waals surface area contributed by atoms with Crippen molar-refractivity contribution in [2.45, 2.75) is 6.23 Å². The third-order valence-corrected chi connectivity index (χ3v) is 2.65. The van der Waals surface area contributed by atoms with Gasteiger partial charge in [-0.3, -0.25) is 0 Å². The van der Waals surface area contributed by atoms with E-state index in [0.29, 0.717) is 23.8 Å². The predicted molar refractivity (Wildman–Crippen MR) is 63.3 cm³/mol. The minimum Gasteiger partial charge on any atom is -0.369 e. The molecule has 0 saturated carbocycles. The number of hydrogen-bond donors (Lipinski definition) is 2. The van der Waals surface area contributed by atoms with Crippen molar-refractivity contribution in [3.8, 4) is 0 Å². The molecule has 1 saturated heterocycles. The van der Waals surface area contributed by atoms with Crippen LogP contribution in [0, 0.1) is 10.1 Å². The van der Waals surface area contributed by atoms with Gasteiger partial charge in [-0.15, -0.1) is 0 Å². The van der Waals surface area contributed by atoms with Gasteiger partial charge in [0.15, 0.2) is 11.3 Å². The van der Waals surface area contributed by atoms with Crippen LogP contribution in [0.2, 0.25) is 5.15 Å². The Labute approximate surface area is 107 Å². The Morgan fingerprint density at radius 3 is 3.06 bits per heavy atom. The Morgan fingerprint density at radius 1 is 1.67 bits per heavy atom. The molecule has 1 aliphatic heterocycles. The largest absolute Gasteiger partial charge is 0.369 e. The Bertz CT molecular complexity index is 478. The van der Waals surface area contributed by atoms with E-state index in [1.165, 1.54) is 17.2 Å². The molecule has 96 valence electrons. The fraction of sp³-hybridized carbons (Fsp3) is 0.333. The maximum Gasteiger partial charge on any atom is 0.273 e. The molecule has 1 aliphatic rings. The van der Waals surface area contributed by atoms with Crippen LogP contribution in [0.25, 0.3) is 0 Å². The normalized spacial score (nSPS) is 18.8.